The minimum Gasteiger partial charge on any atom is -0.475 e. The third-order valence-corrected chi connectivity index (χ3v) is 5.08. The van der Waals surface area contributed by atoms with Gasteiger partial charge in [-0.3, -0.25) is 4.90 Å². The SMILES string of the molecule is O=C(O)C(F)(F)F.c1ccn(Cc2nnc3n2CCCN(Cc2ccsc2)C3)c1. The lowest BCUT2D eigenvalue weighted by molar-refractivity contribution is -0.192. The lowest BCUT2D eigenvalue weighted by Gasteiger charge is -2.17. The second-order valence-electron chi connectivity index (χ2n) is 6.54. The van der Waals surface area contributed by atoms with Gasteiger partial charge in [0.15, 0.2) is 5.82 Å². The lowest BCUT2D eigenvalue weighted by atomic mass is 10.3. The van der Waals surface area contributed by atoms with Crippen LogP contribution in [0.15, 0.2) is 41.4 Å². The van der Waals surface area contributed by atoms with Crippen molar-refractivity contribution < 1.29 is 23.1 Å². The molecule has 3 aromatic rings. The van der Waals surface area contributed by atoms with Gasteiger partial charge in [-0.2, -0.15) is 24.5 Å². The standard InChI is InChI=1S/C16H19N5S.C2HF3O2/c1-2-6-19(5-1)11-15-17-18-16-12-20(7-3-8-21(15)16)10-14-4-9-22-13-14;3-2(4,5)1(6)7/h1-2,4-6,9,13H,3,7-8,10-12H2;(H,6,7). The molecule has 1 aliphatic heterocycles. The van der Waals surface area contributed by atoms with Crippen molar-refractivity contribution in [3.8, 4) is 0 Å². The van der Waals surface area contributed by atoms with E-state index in [1.807, 2.05) is 12.1 Å². The summed E-state index contributed by atoms with van der Waals surface area (Å²) in [6.45, 7) is 4.81. The summed E-state index contributed by atoms with van der Waals surface area (Å²) < 4.78 is 36.2. The van der Waals surface area contributed by atoms with Crippen LogP contribution in [0.1, 0.15) is 23.6 Å². The zero-order chi connectivity index (χ0) is 20.9. The molecule has 0 atom stereocenters. The van der Waals surface area contributed by atoms with E-state index in [2.05, 4.69) is 53.5 Å². The summed E-state index contributed by atoms with van der Waals surface area (Å²) in [5.41, 5.74) is 1.39. The number of nitrogens with zero attached hydrogens (tertiary/aromatic N) is 5. The number of halogens is 3. The Morgan fingerprint density at radius 1 is 1.17 bits per heavy atom. The number of hydrogen-bond donors (Lipinski definition) is 1. The summed E-state index contributed by atoms with van der Waals surface area (Å²) in [5, 5.41) is 20.3. The van der Waals surface area contributed by atoms with Crippen molar-refractivity contribution in [2.45, 2.75) is 38.8 Å². The molecular formula is C18H20F3N5O2S. The Bertz CT molecular complexity index is 907. The highest BCUT2D eigenvalue weighted by molar-refractivity contribution is 7.07. The van der Waals surface area contributed by atoms with E-state index in [1.54, 1.807) is 11.3 Å². The van der Waals surface area contributed by atoms with E-state index in [-0.39, 0.29) is 0 Å². The number of carboxylic acids is 1. The minimum atomic E-state index is -5.08. The largest absolute Gasteiger partial charge is 0.490 e. The lowest BCUT2D eigenvalue weighted by Crippen LogP contribution is -2.22. The van der Waals surface area contributed by atoms with Gasteiger partial charge in [0, 0.05) is 32.0 Å². The maximum absolute atomic E-state index is 10.6. The van der Waals surface area contributed by atoms with Gasteiger partial charge in [-0.15, -0.1) is 10.2 Å². The molecule has 0 unspecified atom stereocenters. The highest BCUT2D eigenvalue weighted by Crippen LogP contribution is 2.17. The van der Waals surface area contributed by atoms with Crippen LogP contribution in [0.3, 0.4) is 0 Å². The van der Waals surface area contributed by atoms with E-state index in [4.69, 9.17) is 9.90 Å². The molecule has 7 nitrogen and oxygen atoms in total. The smallest absolute Gasteiger partial charge is 0.475 e. The van der Waals surface area contributed by atoms with Crippen molar-refractivity contribution in [2.24, 2.45) is 0 Å². The fourth-order valence-corrected chi connectivity index (χ4v) is 3.67. The quantitative estimate of drug-likeness (QED) is 0.692. The van der Waals surface area contributed by atoms with Gasteiger partial charge in [0.25, 0.3) is 0 Å². The van der Waals surface area contributed by atoms with Crippen LogP contribution in [0.2, 0.25) is 0 Å². The van der Waals surface area contributed by atoms with Crippen LogP contribution in [0.5, 0.6) is 0 Å². The van der Waals surface area contributed by atoms with E-state index >= 15 is 0 Å². The highest BCUT2D eigenvalue weighted by atomic mass is 32.1. The number of aromatic nitrogens is 4. The molecule has 29 heavy (non-hydrogen) atoms. The fraction of sp³-hybridized carbons (Fsp3) is 0.389. The first-order valence-corrected chi connectivity index (χ1v) is 9.82. The summed E-state index contributed by atoms with van der Waals surface area (Å²) in [6.07, 6.45) is 0.205. The van der Waals surface area contributed by atoms with E-state index < -0.39 is 12.1 Å². The van der Waals surface area contributed by atoms with Crippen molar-refractivity contribution in [1.82, 2.24) is 24.2 Å². The first-order valence-electron chi connectivity index (χ1n) is 8.88. The number of fused-ring (bicyclic) bond motifs is 1. The molecule has 0 fully saturated rings. The average Bonchev–Trinajstić information content (AvgIpc) is 3.38. The number of alkyl halides is 3. The minimum absolute atomic E-state index is 0.796. The van der Waals surface area contributed by atoms with Crippen molar-refractivity contribution >= 4 is 17.3 Å². The molecule has 0 aromatic carbocycles. The number of thiophene rings is 1. The molecule has 4 rings (SSSR count). The van der Waals surface area contributed by atoms with Crippen LogP contribution in [-0.4, -0.2) is 48.0 Å². The van der Waals surface area contributed by atoms with Gasteiger partial charge >= 0.3 is 12.1 Å². The molecule has 3 aromatic heterocycles. The molecular weight excluding hydrogens is 407 g/mol. The molecule has 0 aliphatic carbocycles. The molecule has 156 valence electrons. The summed E-state index contributed by atoms with van der Waals surface area (Å²) in [7, 11) is 0. The Morgan fingerprint density at radius 2 is 1.90 bits per heavy atom. The number of hydrogen-bond acceptors (Lipinski definition) is 5. The molecule has 4 heterocycles. The van der Waals surface area contributed by atoms with Crippen molar-refractivity contribution in [2.75, 3.05) is 6.54 Å². The summed E-state index contributed by atoms with van der Waals surface area (Å²) >= 11 is 1.76. The number of rotatable bonds is 4. The monoisotopic (exact) mass is 427 g/mol. The average molecular weight is 427 g/mol. The Balaban J connectivity index is 0.000000298. The Morgan fingerprint density at radius 3 is 2.52 bits per heavy atom. The third kappa shape index (κ3) is 5.91. The van der Waals surface area contributed by atoms with Crippen LogP contribution < -0.4 is 0 Å². The van der Waals surface area contributed by atoms with Gasteiger partial charge in [-0.25, -0.2) is 4.79 Å². The second kappa shape index (κ2) is 9.23. The van der Waals surface area contributed by atoms with Crippen molar-refractivity contribution in [1.29, 1.82) is 0 Å². The number of carboxylic acid groups (broad SMARTS) is 1. The van der Waals surface area contributed by atoms with E-state index in [0.29, 0.717) is 0 Å². The maximum Gasteiger partial charge on any atom is 0.490 e. The van der Waals surface area contributed by atoms with Crippen LogP contribution in [0.25, 0.3) is 0 Å². The zero-order valence-corrected chi connectivity index (χ0v) is 16.2. The molecule has 0 amide bonds. The third-order valence-electron chi connectivity index (χ3n) is 4.34. The first-order chi connectivity index (χ1) is 13.8. The summed E-state index contributed by atoms with van der Waals surface area (Å²) in [4.78, 5) is 11.4. The van der Waals surface area contributed by atoms with Gasteiger partial charge in [0.05, 0.1) is 13.1 Å². The molecule has 1 aliphatic rings. The van der Waals surface area contributed by atoms with Crippen LogP contribution in [-0.2, 0) is 31.0 Å². The normalized spacial score (nSPS) is 14.6. The van der Waals surface area contributed by atoms with Gasteiger partial charge in [0.2, 0.25) is 0 Å². The van der Waals surface area contributed by atoms with Crippen LogP contribution in [0.4, 0.5) is 13.2 Å². The maximum atomic E-state index is 10.6. The molecule has 0 saturated carbocycles. The number of aliphatic carboxylic acids is 1. The second-order valence-corrected chi connectivity index (χ2v) is 7.32. The van der Waals surface area contributed by atoms with E-state index in [1.165, 1.54) is 5.56 Å². The molecule has 0 bridgehead atoms. The Hall–Kier alpha value is -2.66. The predicted molar refractivity (Wildman–Crippen MR) is 100 cm³/mol. The molecule has 1 N–H and O–H groups in total. The molecule has 11 heteroatoms. The summed E-state index contributed by atoms with van der Waals surface area (Å²) in [6, 6.07) is 6.29. The van der Waals surface area contributed by atoms with Crippen molar-refractivity contribution in [3.63, 3.8) is 0 Å². The van der Waals surface area contributed by atoms with Gasteiger partial charge in [-0.05, 0) is 40.9 Å². The van der Waals surface area contributed by atoms with Crippen LogP contribution >= 0.6 is 11.3 Å². The topological polar surface area (TPSA) is 76.2 Å². The van der Waals surface area contributed by atoms with Gasteiger partial charge < -0.3 is 14.2 Å². The predicted octanol–water partition coefficient (Wildman–Crippen LogP) is 3.23. The fourth-order valence-electron chi connectivity index (χ4n) is 3.01. The molecule has 0 radical (unpaired) electrons. The summed E-state index contributed by atoms with van der Waals surface area (Å²) in [5.74, 6) is -0.606. The van der Waals surface area contributed by atoms with Crippen molar-refractivity contribution in [3.05, 3.63) is 58.6 Å². The molecule has 0 spiro atoms. The van der Waals surface area contributed by atoms with Gasteiger partial charge in [-0.1, -0.05) is 0 Å². The van der Waals surface area contributed by atoms with E-state index in [9.17, 15) is 13.2 Å². The van der Waals surface area contributed by atoms with E-state index in [0.717, 1.165) is 50.8 Å². The molecule has 0 saturated heterocycles. The Labute approximate surface area is 169 Å². The highest BCUT2D eigenvalue weighted by Gasteiger charge is 2.38. The van der Waals surface area contributed by atoms with Gasteiger partial charge in [0.1, 0.15) is 5.82 Å². The Kier molecular flexibility index (Phi) is 6.70. The zero-order valence-electron chi connectivity index (χ0n) is 15.4. The first kappa shape index (κ1) is 21.1. The van der Waals surface area contributed by atoms with Crippen LogP contribution in [0, 0.1) is 0 Å². The number of carbonyl (C=O) groups is 1.